The second-order valence-corrected chi connectivity index (χ2v) is 4.45. The lowest BCUT2D eigenvalue weighted by molar-refractivity contribution is -0.0544. The van der Waals surface area contributed by atoms with Gasteiger partial charge in [0.05, 0.1) is 5.69 Å². The minimum Gasteiger partial charge on any atom is -0.238 e. The molecule has 2 aromatic carbocycles. The molecule has 0 heterocycles. The van der Waals surface area contributed by atoms with Gasteiger partial charge in [-0.05, 0) is 45.5 Å². The van der Waals surface area contributed by atoms with Gasteiger partial charge in [-0.15, -0.1) is 0 Å². The number of nitrogens with zero attached hydrogens (tertiary/aromatic N) is 1. The maximum atomic E-state index is 12.3. The third kappa shape index (κ3) is 2.96. The van der Waals surface area contributed by atoms with Crippen molar-refractivity contribution in [1.82, 2.24) is 0 Å². The average molecular weight is 349 g/mol. The van der Waals surface area contributed by atoms with Crippen molar-refractivity contribution in [3.8, 4) is 0 Å². The number of hydrogen-bond acceptors (Lipinski definition) is 1. The summed E-state index contributed by atoms with van der Waals surface area (Å²) in [6.07, 6.45) is -4.38. The van der Waals surface area contributed by atoms with Gasteiger partial charge < -0.3 is 0 Å². The van der Waals surface area contributed by atoms with Crippen molar-refractivity contribution in [3.05, 3.63) is 42.5 Å². The summed E-state index contributed by atoms with van der Waals surface area (Å²) in [7, 11) is 0. The fourth-order valence-electron chi connectivity index (χ4n) is 1.42. The highest BCUT2D eigenvalue weighted by Crippen LogP contribution is 2.27. The molecule has 0 radical (unpaired) electrons. The predicted octanol–water partition coefficient (Wildman–Crippen LogP) is 4.87. The number of hydrogen-bond donors (Lipinski definition) is 0. The molecule has 0 fully saturated rings. The van der Waals surface area contributed by atoms with E-state index in [-0.39, 0.29) is 0 Å². The highest BCUT2D eigenvalue weighted by molar-refractivity contribution is 14.1. The van der Waals surface area contributed by atoms with Crippen LogP contribution in [0, 0.1) is 0 Å². The molecule has 0 amide bonds. The maximum Gasteiger partial charge on any atom is 0.439 e. The van der Waals surface area contributed by atoms with Crippen LogP contribution in [-0.2, 0) is 0 Å². The third-order valence-corrected chi connectivity index (χ3v) is 3.05. The monoisotopic (exact) mass is 349 g/mol. The molecular weight excluding hydrogens is 342 g/mol. The summed E-state index contributed by atoms with van der Waals surface area (Å²) in [5, 5.41) is 1.86. The number of fused-ring (bicyclic) bond motifs is 1. The van der Waals surface area contributed by atoms with Crippen LogP contribution < -0.4 is 0 Å². The number of aliphatic imine (C=N–C) groups is 1. The van der Waals surface area contributed by atoms with Crippen LogP contribution in [0.1, 0.15) is 0 Å². The van der Waals surface area contributed by atoms with Crippen molar-refractivity contribution < 1.29 is 13.2 Å². The Morgan fingerprint density at radius 3 is 2.29 bits per heavy atom. The Balaban J connectivity index is 2.44. The number of halogens is 4. The quantitative estimate of drug-likeness (QED) is 0.515. The molecule has 0 aromatic heterocycles. The van der Waals surface area contributed by atoms with Gasteiger partial charge in [0, 0.05) is 0 Å². The molecule has 0 saturated heterocycles. The van der Waals surface area contributed by atoms with Gasteiger partial charge in [0.15, 0.2) is 3.72 Å². The molecule has 0 aliphatic carbocycles. The number of rotatable bonds is 1. The third-order valence-electron chi connectivity index (χ3n) is 2.19. The second-order valence-electron chi connectivity index (χ2n) is 3.43. The molecule has 0 spiro atoms. The van der Waals surface area contributed by atoms with E-state index in [0.717, 1.165) is 10.8 Å². The first-order valence-corrected chi connectivity index (χ1v) is 5.85. The van der Waals surface area contributed by atoms with Crippen molar-refractivity contribution in [2.75, 3.05) is 0 Å². The summed E-state index contributed by atoms with van der Waals surface area (Å²) in [6, 6.07) is 12.4. The SMILES string of the molecule is FC(F)(F)C(I)=Nc1ccc2ccccc2c1. The summed E-state index contributed by atoms with van der Waals surface area (Å²) in [6.45, 7) is 0. The van der Waals surface area contributed by atoms with Crippen LogP contribution in [0.2, 0.25) is 0 Å². The summed E-state index contributed by atoms with van der Waals surface area (Å²) in [5.41, 5.74) is 0.311. The maximum absolute atomic E-state index is 12.3. The van der Waals surface area contributed by atoms with E-state index in [1.165, 1.54) is 22.6 Å². The zero-order valence-corrected chi connectivity index (χ0v) is 10.7. The van der Waals surface area contributed by atoms with Crippen LogP contribution in [-0.4, -0.2) is 9.89 Å². The van der Waals surface area contributed by atoms with E-state index in [1.807, 2.05) is 24.3 Å². The molecule has 5 heteroatoms. The normalized spacial score (nSPS) is 13.1. The van der Waals surface area contributed by atoms with E-state index in [1.54, 1.807) is 18.2 Å². The number of benzene rings is 2. The van der Waals surface area contributed by atoms with Crippen LogP contribution in [0.5, 0.6) is 0 Å². The molecule has 0 atom stereocenters. The van der Waals surface area contributed by atoms with E-state index in [4.69, 9.17) is 0 Å². The topological polar surface area (TPSA) is 12.4 Å². The van der Waals surface area contributed by atoms with Gasteiger partial charge >= 0.3 is 6.18 Å². The molecule has 2 aromatic rings. The van der Waals surface area contributed by atoms with Crippen LogP contribution >= 0.6 is 22.6 Å². The van der Waals surface area contributed by atoms with E-state index in [2.05, 4.69) is 4.99 Å². The molecule has 17 heavy (non-hydrogen) atoms. The molecule has 0 saturated carbocycles. The molecule has 0 aliphatic rings. The van der Waals surface area contributed by atoms with Crippen LogP contribution in [0.15, 0.2) is 47.5 Å². The highest BCUT2D eigenvalue weighted by atomic mass is 127. The van der Waals surface area contributed by atoms with Crippen LogP contribution in [0.3, 0.4) is 0 Å². The Morgan fingerprint density at radius 1 is 1.00 bits per heavy atom. The Bertz CT molecular complexity index is 575. The van der Waals surface area contributed by atoms with Crippen molar-refractivity contribution in [2.24, 2.45) is 4.99 Å². The van der Waals surface area contributed by atoms with E-state index >= 15 is 0 Å². The zero-order valence-electron chi connectivity index (χ0n) is 8.50. The molecular formula is C12H7F3IN. The first-order chi connectivity index (χ1) is 7.97. The smallest absolute Gasteiger partial charge is 0.238 e. The first kappa shape index (κ1) is 12.3. The predicted molar refractivity (Wildman–Crippen MR) is 71.1 cm³/mol. The fraction of sp³-hybridized carbons (Fsp3) is 0.0833. The zero-order chi connectivity index (χ0) is 12.5. The lowest BCUT2D eigenvalue weighted by Gasteiger charge is -2.04. The van der Waals surface area contributed by atoms with Crippen LogP contribution in [0.4, 0.5) is 18.9 Å². The lowest BCUT2D eigenvalue weighted by Crippen LogP contribution is -2.15. The Morgan fingerprint density at radius 2 is 1.65 bits per heavy atom. The van der Waals surface area contributed by atoms with E-state index in [0.29, 0.717) is 5.69 Å². The Labute approximate surface area is 109 Å². The Hall–Kier alpha value is -1.11. The van der Waals surface area contributed by atoms with Crippen LogP contribution in [0.25, 0.3) is 10.8 Å². The fourth-order valence-corrected chi connectivity index (χ4v) is 1.70. The highest BCUT2D eigenvalue weighted by Gasteiger charge is 2.33. The number of alkyl halides is 3. The minimum absolute atomic E-state index is 0.311. The molecule has 0 unspecified atom stereocenters. The molecule has 0 aliphatic heterocycles. The minimum atomic E-state index is -4.38. The summed E-state index contributed by atoms with van der Waals surface area (Å²) >= 11 is 1.20. The van der Waals surface area contributed by atoms with Gasteiger partial charge in [0.2, 0.25) is 0 Å². The first-order valence-electron chi connectivity index (χ1n) is 4.77. The van der Waals surface area contributed by atoms with Gasteiger partial charge in [0.25, 0.3) is 0 Å². The molecule has 1 nitrogen and oxygen atoms in total. The lowest BCUT2D eigenvalue weighted by atomic mass is 10.1. The van der Waals surface area contributed by atoms with Gasteiger partial charge in [-0.3, -0.25) is 0 Å². The summed E-state index contributed by atoms with van der Waals surface area (Å²) < 4.78 is 36.1. The average Bonchev–Trinajstić information content (AvgIpc) is 2.27. The van der Waals surface area contributed by atoms with E-state index < -0.39 is 9.89 Å². The molecule has 0 bridgehead atoms. The Kier molecular flexibility index (Phi) is 3.37. The van der Waals surface area contributed by atoms with Crippen molar-refractivity contribution in [3.63, 3.8) is 0 Å². The summed E-state index contributed by atoms with van der Waals surface area (Å²) in [5.74, 6) is 0. The largest absolute Gasteiger partial charge is 0.439 e. The van der Waals surface area contributed by atoms with E-state index in [9.17, 15) is 13.2 Å². The van der Waals surface area contributed by atoms with Crippen molar-refractivity contribution >= 4 is 42.8 Å². The molecule has 88 valence electrons. The molecule has 0 N–H and O–H groups in total. The standard InChI is InChI=1S/C12H7F3IN/c13-12(14,15)11(16)17-10-6-5-8-3-1-2-4-9(8)7-10/h1-7H. The van der Waals surface area contributed by atoms with Gasteiger partial charge in [-0.2, -0.15) is 13.2 Å². The molecule has 2 rings (SSSR count). The van der Waals surface area contributed by atoms with Gasteiger partial charge in [-0.1, -0.05) is 30.3 Å². The second kappa shape index (κ2) is 4.64. The van der Waals surface area contributed by atoms with Crippen molar-refractivity contribution in [1.29, 1.82) is 0 Å². The van der Waals surface area contributed by atoms with Gasteiger partial charge in [0.1, 0.15) is 0 Å². The van der Waals surface area contributed by atoms with Gasteiger partial charge in [-0.25, -0.2) is 4.99 Å². The summed E-state index contributed by atoms with van der Waals surface area (Å²) in [4.78, 5) is 3.56. The van der Waals surface area contributed by atoms with Crippen molar-refractivity contribution in [2.45, 2.75) is 6.18 Å².